The molecule has 0 N–H and O–H groups in total. The van der Waals surface area contributed by atoms with Gasteiger partial charge in [0, 0.05) is 25.2 Å². The molecule has 7 nitrogen and oxygen atoms in total. The number of aromatic nitrogens is 2. The molecule has 2 aliphatic heterocycles. The monoisotopic (exact) mass is 347 g/mol. The van der Waals surface area contributed by atoms with E-state index in [0.717, 1.165) is 17.7 Å². The maximum absolute atomic E-state index is 12.8. The van der Waals surface area contributed by atoms with Crippen LogP contribution in [0.25, 0.3) is 0 Å². The first-order valence-electron chi connectivity index (χ1n) is 7.83. The van der Waals surface area contributed by atoms with Crippen molar-refractivity contribution in [2.45, 2.75) is 23.8 Å². The van der Waals surface area contributed by atoms with Gasteiger partial charge in [-0.2, -0.15) is 9.40 Å². The van der Waals surface area contributed by atoms with E-state index in [2.05, 4.69) is 10.2 Å². The molecule has 0 bridgehead atoms. The van der Waals surface area contributed by atoms with Crippen LogP contribution >= 0.6 is 0 Å². The lowest BCUT2D eigenvalue weighted by molar-refractivity contribution is 0.204. The highest BCUT2D eigenvalue weighted by atomic mass is 32.2. The van der Waals surface area contributed by atoms with Crippen LogP contribution in [0.4, 0.5) is 0 Å². The number of nitrogens with zero attached hydrogens (tertiary/aromatic N) is 3. The van der Waals surface area contributed by atoms with Gasteiger partial charge in [-0.15, -0.1) is 5.10 Å². The number of benzene rings is 1. The van der Waals surface area contributed by atoms with E-state index in [4.69, 9.17) is 9.47 Å². The van der Waals surface area contributed by atoms with Gasteiger partial charge >= 0.3 is 0 Å². The van der Waals surface area contributed by atoms with Gasteiger partial charge < -0.3 is 9.47 Å². The molecule has 24 heavy (non-hydrogen) atoms. The molecule has 0 spiro atoms. The van der Waals surface area contributed by atoms with Crippen molar-refractivity contribution in [2.24, 2.45) is 0 Å². The van der Waals surface area contributed by atoms with Crippen LogP contribution < -0.4 is 9.47 Å². The number of rotatable bonds is 4. The Labute approximate surface area is 140 Å². The molecule has 0 amide bonds. The van der Waals surface area contributed by atoms with Crippen molar-refractivity contribution in [3.05, 3.63) is 42.1 Å². The predicted molar refractivity (Wildman–Crippen MR) is 85.5 cm³/mol. The third kappa shape index (κ3) is 2.83. The fourth-order valence-electron chi connectivity index (χ4n) is 3.01. The standard InChI is InChI=1S/C16H17N3O4S/c20-24(21,14-3-4-15-12(10-14)6-9-22-15)19-8-5-13(11-19)23-16-2-1-7-17-18-16/h1-4,7,10,13H,5-6,8-9,11H2/t13-/m1/s1. The van der Waals surface area contributed by atoms with Gasteiger partial charge in [0.2, 0.25) is 15.9 Å². The summed E-state index contributed by atoms with van der Waals surface area (Å²) in [7, 11) is -3.52. The Morgan fingerprint density at radius 3 is 3.04 bits per heavy atom. The average molecular weight is 347 g/mol. The second-order valence-corrected chi connectivity index (χ2v) is 7.76. The van der Waals surface area contributed by atoms with Gasteiger partial charge in [0.1, 0.15) is 11.9 Å². The minimum Gasteiger partial charge on any atom is -0.493 e. The molecule has 0 saturated carbocycles. The lowest BCUT2D eigenvalue weighted by Gasteiger charge is -2.17. The molecule has 1 aromatic carbocycles. The summed E-state index contributed by atoms with van der Waals surface area (Å²) in [6, 6.07) is 8.51. The van der Waals surface area contributed by atoms with Crippen LogP contribution in [-0.4, -0.2) is 48.7 Å². The Bertz CT molecular complexity index is 842. The molecule has 1 saturated heterocycles. The van der Waals surface area contributed by atoms with Gasteiger partial charge in [-0.3, -0.25) is 0 Å². The molecular formula is C16H17N3O4S. The molecule has 4 rings (SSSR count). The molecule has 0 radical (unpaired) electrons. The summed E-state index contributed by atoms with van der Waals surface area (Å²) < 4.78 is 38.3. The largest absolute Gasteiger partial charge is 0.493 e. The van der Waals surface area contributed by atoms with E-state index in [1.807, 2.05) is 0 Å². The highest BCUT2D eigenvalue weighted by Gasteiger charge is 2.34. The van der Waals surface area contributed by atoms with E-state index in [0.29, 0.717) is 36.9 Å². The predicted octanol–water partition coefficient (Wildman–Crippen LogP) is 1.25. The molecular weight excluding hydrogens is 330 g/mol. The van der Waals surface area contributed by atoms with Gasteiger partial charge in [-0.1, -0.05) is 0 Å². The van der Waals surface area contributed by atoms with E-state index in [1.54, 1.807) is 36.5 Å². The highest BCUT2D eigenvalue weighted by molar-refractivity contribution is 7.89. The lowest BCUT2D eigenvalue weighted by Crippen LogP contribution is -2.31. The van der Waals surface area contributed by atoms with Crippen LogP contribution in [0.15, 0.2) is 41.4 Å². The van der Waals surface area contributed by atoms with Crippen molar-refractivity contribution >= 4 is 10.0 Å². The minimum absolute atomic E-state index is 0.214. The van der Waals surface area contributed by atoms with Crippen molar-refractivity contribution in [3.63, 3.8) is 0 Å². The van der Waals surface area contributed by atoms with E-state index >= 15 is 0 Å². The fraction of sp³-hybridized carbons (Fsp3) is 0.375. The molecule has 3 heterocycles. The lowest BCUT2D eigenvalue weighted by atomic mass is 10.2. The molecule has 126 valence electrons. The Hall–Kier alpha value is -2.19. The van der Waals surface area contributed by atoms with Gasteiger partial charge in [-0.05, 0) is 36.2 Å². The SMILES string of the molecule is O=S(=O)(c1ccc2c(c1)CCO2)N1CC[C@@H](Oc2cccnn2)C1. The Morgan fingerprint density at radius 1 is 1.29 bits per heavy atom. The maximum atomic E-state index is 12.8. The fourth-order valence-corrected chi connectivity index (χ4v) is 4.54. The number of hydrogen-bond acceptors (Lipinski definition) is 6. The van der Waals surface area contributed by atoms with Gasteiger partial charge in [0.25, 0.3) is 0 Å². The van der Waals surface area contributed by atoms with Gasteiger partial charge in [-0.25, -0.2) is 8.42 Å². The van der Waals surface area contributed by atoms with Crippen LogP contribution in [0.2, 0.25) is 0 Å². The first-order valence-corrected chi connectivity index (χ1v) is 9.27. The Balaban J connectivity index is 1.49. The molecule has 2 aliphatic rings. The van der Waals surface area contributed by atoms with Crippen LogP contribution in [0.3, 0.4) is 0 Å². The summed E-state index contributed by atoms with van der Waals surface area (Å²) in [5.41, 5.74) is 0.947. The van der Waals surface area contributed by atoms with Crippen LogP contribution in [-0.2, 0) is 16.4 Å². The third-order valence-corrected chi connectivity index (χ3v) is 6.10. The average Bonchev–Trinajstić information content (AvgIpc) is 3.24. The second kappa shape index (κ2) is 6.03. The van der Waals surface area contributed by atoms with Crippen LogP contribution in [0, 0.1) is 0 Å². The smallest absolute Gasteiger partial charge is 0.243 e. The van der Waals surface area contributed by atoms with E-state index in [9.17, 15) is 8.42 Å². The number of sulfonamides is 1. The number of hydrogen-bond donors (Lipinski definition) is 0. The molecule has 8 heteroatoms. The van der Waals surface area contributed by atoms with Gasteiger partial charge in [0.05, 0.1) is 18.0 Å². The van der Waals surface area contributed by atoms with Crippen molar-refractivity contribution in [1.82, 2.24) is 14.5 Å². The summed E-state index contributed by atoms with van der Waals surface area (Å²) >= 11 is 0. The van der Waals surface area contributed by atoms with Crippen molar-refractivity contribution in [1.29, 1.82) is 0 Å². The summed E-state index contributed by atoms with van der Waals surface area (Å²) in [5.74, 6) is 1.19. The maximum Gasteiger partial charge on any atom is 0.243 e. The van der Waals surface area contributed by atoms with E-state index in [1.165, 1.54) is 4.31 Å². The zero-order valence-electron chi connectivity index (χ0n) is 13.0. The van der Waals surface area contributed by atoms with Gasteiger partial charge in [0.15, 0.2) is 0 Å². The molecule has 0 unspecified atom stereocenters. The van der Waals surface area contributed by atoms with Crippen molar-refractivity contribution < 1.29 is 17.9 Å². The quantitative estimate of drug-likeness (QED) is 0.828. The first-order chi connectivity index (χ1) is 11.6. The van der Waals surface area contributed by atoms with Crippen LogP contribution in [0.5, 0.6) is 11.6 Å². The summed E-state index contributed by atoms with van der Waals surface area (Å²) in [6.07, 6.45) is 2.73. The first kappa shape index (κ1) is 15.3. The van der Waals surface area contributed by atoms with E-state index < -0.39 is 10.0 Å². The zero-order valence-corrected chi connectivity index (χ0v) is 13.8. The number of ether oxygens (including phenoxy) is 2. The zero-order chi connectivity index (χ0) is 16.6. The minimum atomic E-state index is -3.52. The Kier molecular flexibility index (Phi) is 3.85. The van der Waals surface area contributed by atoms with E-state index in [-0.39, 0.29) is 6.10 Å². The third-order valence-electron chi connectivity index (χ3n) is 4.24. The normalized spacial score (nSPS) is 20.6. The molecule has 1 aromatic heterocycles. The summed E-state index contributed by atoms with van der Waals surface area (Å²) in [4.78, 5) is 0.312. The summed E-state index contributed by atoms with van der Waals surface area (Å²) in [5, 5.41) is 7.63. The van der Waals surface area contributed by atoms with Crippen molar-refractivity contribution in [3.8, 4) is 11.6 Å². The van der Waals surface area contributed by atoms with Crippen molar-refractivity contribution in [2.75, 3.05) is 19.7 Å². The molecule has 1 fully saturated rings. The Morgan fingerprint density at radius 2 is 2.21 bits per heavy atom. The highest BCUT2D eigenvalue weighted by Crippen LogP contribution is 2.30. The van der Waals surface area contributed by atoms with Crippen LogP contribution in [0.1, 0.15) is 12.0 Å². The summed E-state index contributed by atoms with van der Waals surface area (Å²) in [6.45, 7) is 1.35. The number of fused-ring (bicyclic) bond motifs is 1. The molecule has 2 aromatic rings. The second-order valence-electron chi connectivity index (χ2n) is 5.82. The molecule has 1 atom stereocenters. The molecule has 0 aliphatic carbocycles. The topological polar surface area (TPSA) is 81.6 Å².